The van der Waals surface area contributed by atoms with Crippen LogP contribution in [-0.2, 0) is 4.79 Å². The van der Waals surface area contributed by atoms with Crippen LogP contribution in [0.15, 0.2) is 89.7 Å². The number of carbonyl (C=O) groups excluding carboxylic acids is 2. The molecule has 0 radical (unpaired) electrons. The molecule has 3 aromatic carbocycles. The van der Waals surface area contributed by atoms with E-state index in [1.807, 2.05) is 24.3 Å². The van der Waals surface area contributed by atoms with Gasteiger partial charge in [-0.15, -0.1) is 0 Å². The summed E-state index contributed by atoms with van der Waals surface area (Å²) in [5.41, 5.74) is 4.80. The van der Waals surface area contributed by atoms with Crippen LogP contribution in [0.1, 0.15) is 35.3 Å². The van der Waals surface area contributed by atoms with Crippen LogP contribution < -0.4 is 15.6 Å². The van der Waals surface area contributed by atoms with Crippen LogP contribution in [0.2, 0.25) is 0 Å². The fourth-order valence-corrected chi connectivity index (χ4v) is 3.28. The van der Waals surface area contributed by atoms with Gasteiger partial charge in [-0.1, -0.05) is 48.5 Å². The molecule has 3 aromatic rings. The molecule has 7 heteroatoms. The first kappa shape index (κ1) is 24.4. The standard InChI is InChI=1S/C27H27FN4O2/c1-3-32(4-2)23-16-14-20(15-17-23)18-25(30-26(33)21-10-6-5-7-11-21)27(34)31-29-19-22-12-8-9-13-24(22)28/h5-19H,3-4H2,1-2H3,(H,30,33)(H,31,34)/b25-18+,29-19-. The third-order valence-corrected chi connectivity index (χ3v) is 5.14. The molecule has 0 aliphatic carbocycles. The fraction of sp³-hybridized carbons (Fsp3) is 0.148. The van der Waals surface area contributed by atoms with Gasteiger partial charge in [-0.2, -0.15) is 5.10 Å². The van der Waals surface area contributed by atoms with Crippen molar-refractivity contribution >= 4 is 29.8 Å². The molecule has 0 saturated heterocycles. The number of hydrazone groups is 1. The average molecular weight is 459 g/mol. The first-order valence-corrected chi connectivity index (χ1v) is 11.0. The maximum atomic E-state index is 13.8. The van der Waals surface area contributed by atoms with E-state index < -0.39 is 17.6 Å². The van der Waals surface area contributed by atoms with Crippen LogP contribution in [0.25, 0.3) is 6.08 Å². The second kappa shape index (κ2) is 12.1. The summed E-state index contributed by atoms with van der Waals surface area (Å²) in [6.45, 7) is 5.93. The van der Waals surface area contributed by atoms with E-state index in [-0.39, 0.29) is 11.3 Å². The molecule has 0 fully saturated rings. The molecule has 2 amide bonds. The van der Waals surface area contributed by atoms with Gasteiger partial charge in [-0.3, -0.25) is 9.59 Å². The molecule has 34 heavy (non-hydrogen) atoms. The van der Waals surface area contributed by atoms with E-state index in [0.29, 0.717) is 5.56 Å². The Labute approximate surface area is 198 Å². The lowest BCUT2D eigenvalue weighted by Gasteiger charge is -2.20. The Kier molecular flexibility index (Phi) is 8.68. The second-order valence-corrected chi connectivity index (χ2v) is 7.36. The molecule has 3 rings (SSSR count). The van der Waals surface area contributed by atoms with Crippen LogP contribution in [0.3, 0.4) is 0 Å². The highest BCUT2D eigenvalue weighted by Crippen LogP contribution is 2.16. The Hall–Kier alpha value is -4.26. The van der Waals surface area contributed by atoms with E-state index in [0.717, 1.165) is 24.3 Å². The number of anilines is 1. The van der Waals surface area contributed by atoms with E-state index in [2.05, 4.69) is 34.6 Å². The lowest BCUT2D eigenvalue weighted by Crippen LogP contribution is -2.32. The van der Waals surface area contributed by atoms with Crippen molar-refractivity contribution in [3.63, 3.8) is 0 Å². The molecular formula is C27H27FN4O2. The van der Waals surface area contributed by atoms with Crippen molar-refractivity contribution in [2.45, 2.75) is 13.8 Å². The number of rotatable bonds is 9. The highest BCUT2D eigenvalue weighted by molar-refractivity contribution is 6.05. The van der Waals surface area contributed by atoms with E-state index in [1.165, 1.54) is 18.3 Å². The number of halogens is 1. The summed E-state index contributed by atoms with van der Waals surface area (Å²) in [6, 6.07) is 22.3. The molecular weight excluding hydrogens is 431 g/mol. The summed E-state index contributed by atoms with van der Waals surface area (Å²) in [6.07, 6.45) is 2.78. The van der Waals surface area contributed by atoms with E-state index in [4.69, 9.17) is 0 Å². The van der Waals surface area contributed by atoms with Gasteiger partial charge in [-0.05, 0) is 55.8 Å². The van der Waals surface area contributed by atoms with Gasteiger partial charge in [0, 0.05) is 29.9 Å². The lowest BCUT2D eigenvalue weighted by atomic mass is 10.1. The molecule has 0 bridgehead atoms. The van der Waals surface area contributed by atoms with Crippen LogP contribution in [0, 0.1) is 5.82 Å². The maximum absolute atomic E-state index is 13.8. The van der Waals surface area contributed by atoms with Crippen LogP contribution in [0.4, 0.5) is 10.1 Å². The first-order chi connectivity index (χ1) is 16.5. The molecule has 0 saturated carbocycles. The third kappa shape index (κ3) is 6.62. The molecule has 174 valence electrons. The van der Waals surface area contributed by atoms with Crippen molar-refractivity contribution in [1.29, 1.82) is 0 Å². The monoisotopic (exact) mass is 458 g/mol. The van der Waals surface area contributed by atoms with Gasteiger partial charge < -0.3 is 10.2 Å². The van der Waals surface area contributed by atoms with Gasteiger partial charge in [0.25, 0.3) is 11.8 Å². The molecule has 0 spiro atoms. The number of amides is 2. The minimum Gasteiger partial charge on any atom is -0.372 e. The number of carbonyl (C=O) groups is 2. The summed E-state index contributed by atoms with van der Waals surface area (Å²) < 4.78 is 13.8. The second-order valence-electron chi connectivity index (χ2n) is 7.36. The SMILES string of the molecule is CCN(CC)c1ccc(/C=C(/NC(=O)c2ccccc2)C(=O)N/N=C\c2ccccc2F)cc1. The molecule has 0 atom stereocenters. The summed E-state index contributed by atoms with van der Waals surface area (Å²) in [7, 11) is 0. The van der Waals surface area contributed by atoms with Crippen LogP contribution >= 0.6 is 0 Å². The van der Waals surface area contributed by atoms with E-state index in [9.17, 15) is 14.0 Å². The number of hydrogen-bond donors (Lipinski definition) is 2. The van der Waals surface area contributed by atoms with E-state index >= 15 is 0 Å². The van der Waals surface area contributed by atoms with Crippen molar-refractivity contribution in [1.82, 2.24) is 10.7 Å². The van der Waals surface area contributed by atoms with Gasteiger partial charge in [0.2, 0.25) is 0 Å². The molecule has 0 aliphatic rings. The summed E-state index contributed by atoms with van der Waals surface area (Å²) in [5, 5.41) is 6.49. The van der Waals surface area contributed by atoms with Gasteiger partial charge in [-0.25, -0.2) is 9.82 Å². The smallest absolute Gasteiger partial charge is 0.287 e. The molecule has 2 N–H and O–H groups in total. The Morgan fingerprint density at radius 2 is 1.56 bits per heavy atom. The Morgan fingerprint density at radius 3 is 2.21 bits per heavy atom. The molecule has 6 nitrogen and oxygen atoms in total. The number of nitrogens with one attached hydrogen (secondary N) is 2. The van der Waals surface area contributed by atoms with Crippen LogP contribution in [0.5, 0.6) is 0 Å². The molecule has 0 aromatic heterocycles. The number of benzene rings is 3. The normalized spacial score (nSPS) is 11.3. The van der Waals surface area contributed by atoms with Gasteiger partial charge >= 0.3 is 0 Å². The van der Waals surface area contributed by atoms with E-state index in [1.54, 1.807) is 48.5 Å². The summed E-state index contributed by atoms with van der Waals surface area (Å²) >= 11 is 0. The van der Waals surface area contributed by atoms with Gasteiger partial charge in [0.1, 0.15) is 11.5 Å². The zero-order valence-corrected chi connectivity index (χ0v) is 19.2. The Bertz CT molecular complexity index is 1170. The van der Waals surface area contributed by atoms with Gasteiger partial charge in [0.05, 0.1) is 6.21 Å². The highest BCUT2D eigenvalue weighted by Gasteiger charge is 2.14. The Balaban J connectivity index is 1.83. The van der Waals surface area contributed by atoms with Crippen molar-refractivity contribution in [2.75, 3.05) is 18.0 Å². The number of hydrogen-bond acceptors (Lipinski definition) is 4. The minimum absolute atomic E-state index is 0.00938. The largest absolute Gasteiger partial charge is 0.372 e. The van der Waals surface area contributed by atoms with Crippen molar-refractivity contribution in [2.24, 2.45) is 5.10 Å². The topological polar surface area (TPSA) is 73.8 Å². The molecule has 0 heterocycles. The van der Waals surface area contributed by atoms with Crippen molar-refractivity contribution in [3.8, 4) is 0 Å². The lowest BCUT2D eigenvalue weighted by molar-refractivity contribution is -0.117. The Morgan fingerprint density at radius 1 is 0.912 bits per heavy atom. The minimum atomic E-state index is -0.635. The molecule has 0 unspecified atom stereocenters. The predicted molar refractivity (Wildman–Crippen MR) is 134 cm³/mol. The first-order valence-electron chi connectivity index (χ1n) is 11.0. The summed E-state index contributed by atoms with van der Waals surface area (Å²) in [4.78, 5) is 27.7. The molecule has 0 aliphatic heterocycles. The quantitative estimate of drug-likeness (QED) is 0.280. The zero-order chi connectivity index (χ0) is 24.3. The summed E-state index contributed by atoms with van der Waals surface area (Å²) in [5.74, 6) is -1.52. The average Bonchev–Trinajstić information content (AvgIpc) is 2.87. The zero-order valence-electron chi connectivity index (χ0n) is 19.2. The third-order valence-electron chi connectivity index (χ3n) is 5.14. The predicted octanol–water partition coefficient (Wildman–Crippen LogP) is 4.59. The number of nitrogens with zero attached hydrogens (tertiary/aromatic N) is 2. The van der Waals surface area contributed by atoms with Crippen molar-refractivity contribution < 1.29 is 14.0 Å². The van der Waals surface area contributed by atoms with Gasteiger partial charge in [0.15, 0.2) is 0 Å². The van der Waals surface area contributed by atoms with Crippen molar-refractivity contribution in [3.05, 3.63) is 107 Å². The fourth-order valence-electron chi connectivity index (χ4n) is 3.28. The maximum Gasteiger partial charge on any atom is 0.287 e. The van der Waals surface area contributed by atoms with Crippen LogP contribution in [-0.4, -0.2) is 31.1 Å². The highest BCUT2D eigenvalue weighted by atomic mass is 19.1.